The van der Waals surface area contributed by atoms with E-state index in [2.05, 4.69) is 19.2 Å². The molecule has 0 heterocycles. The molecule has 122 valence electrons. The molecular weight excluding hydrogens is 254 g/mol. The molecule has 3 N–H and O–H groups in total. The van der Waals surface area contributed by atoms with E-state index in [-0.39, 0.29) is 6.61 Å². The topological polar surface area (TPSA) is 69.6 Å². The number of hydrogen-bond acceptors (Lipinski definition) is 3. The second-order valence-electron chi connectivity index (χ2n) is 5.09. The zero-order valence-corrected chi connectivity index (χ0v) is 13.5. The highest BCUT2D eigenvalue weighted by Crippen LogP contribution is 2.07. The maximum atomic E-state index is 10.1. The van der Waals surface area contributed by atoms with E-state index < -0.39 is 5.97 Å². The fourth-order valence-corrected chi connectivity index (χ4v) is 1.74. The summed E-state index contributed by atoms with van der Waals surface area (Å²) in [6.07, 6.45) is 11.1. The van der Waals surface area contributed by atoms with Crippen LogP contribution in [0.15, 0.2) is 0 Å². The average molecular weight is 289 g/mol. The van der Waals surface area contributed by atoms with E-state index in [0.717, 1.165) is 25.9 Å². The summed E-state index contributed by atoms with van der Waals surface area (Å²) >= 11 is 0. The molecule has 0 aromatic rings. The van der Waals surface area contributed by atoms with Gasteiger partial charge in [-0.1, -0.05) is 58.8 Å². The molecule has 0 unspecified atom stereocenters. The van der Waals surface area contributed by atoms with Crippen LogP contribution in [-0.4, -0.2) is 35.9 Å². The normalized spacial score (nSPS) is 9.95. The monoisotopic (exact) mass is 289 g/mol. The smallest absolute Gasteiger partial charge is 0.303 e. The number of carboxylic acids is 1. The number of aliphatic carboxylic acids is 1. The third kappa shape index (κ3) is 26.1. The summed E-state index contributed by atoms with van der Waals surface area (Å²) in [6.45, 7) is 6.38. The van der Waals surface area contributed by atoms with E-state index in [9.17, 15) is 4.79 Å². The summed E-state index contributed by atoms with van der Waals surface area (Å²) in [5.74, 6) is -0.663. The lowest BCUT2D eigenvalue weighted by molar-refractivity contribution is -0.137. The van der Waals surface area contributed by atoms with Crippen LogP contribution in [0.4, 0.5) is 0 Å². The lowest BCUT2D eigenvalue weighted by Crippen LogP contribution is -2.18. The minimum absolute atomic E-state index is 0.254. The molecule has 0 bridgehead atoms. The van der Waals surface area contributed by atoms with E-state index in [1.54, 1.807) is 0 Å². The predicted molar refractivity (Wildman–Crippen MR) is 85.1 cm³/mol. The number of hydrogen-bond donors (Lipinski definition) is 3. The first-order valence-corrected chi connectivity index (χ1v) is 8.22. The molecule has 0 aliphatic rings. The molecule has 0 saturated heterocycles. The maximum absolute atomic E-state index is 10.1. The molecule has 20 heavy (non-hydrogen) atoms. The van der Waals surface area contributed by atoms with Crippen LogP contribution in [0.25, 0.3) is 0 Å². The summed E-state index contributed by atoms with van der Waals surface area (Å²) in [5.41, 5.74) is 0. The van der Waals surface area contributed by atoms with Crippen LogP contribution in [0.5, 0.6) is 0 Å². The van der Waals surface area contributed by atoms with E-state index in [4.69, 9.17) is 10.2 Å². The fraction of sp³-hybridized carbons (Fsp3) is 0.938. The van der Waals surface area contributed by atoms with Crippen LogP contribution in [0.2, 0.25) is 0 Å². The Morgan fingerprint density at radius 2 is 1.40 bits per heavy atom. The highest BCUT2D eigenvalue weighted by Gasteiger charge is 1.95. The summed E-state index contributed by atoms with van der Waals surface area (Å²) in [4.78, 5) is 10.1. The lowest BCUT2D eigenvalue weighted by atomic mass is 10.1. The second kappa shape index (κ2) is 20.7. The number of unbranched alkanes of at least 4 members (excludes halogenated alkanes) is 7. The van der Waals surface area contributed by atoms with Gasteiger partial charge in [-0.15, -0.1) is 0 Å². The van der Waals surface area contributed by atoms with Crippen LogP contribution >= 0.6 is 0 Å². The molecule has 0 aliphatic carbocycles. The maximum Gasteiger partial charge on any atom is 0.303 e. The summed E-state index contributed by atoms with van der Waals surface area (Å²) in [5, 5.41) is 19.7. The van der Waals surface area contributed by atoms with Crippen LogP contribution in [0.1, 0.15) is 78.1 Å². The predicted octanol–water partition coefficient (Wildman–Crippen LogP) is 3.58. The Morgan fingerprint density at radius 3 is 1.90 bits per heavy atom. The van der Waals surface area contributed by atoms with Crippen molar-refractivity contribution in [3.63, 3.8) is 0 Å². The molecular formula is C16H35NO3. The minimum atomic E-state index is -0.663. The Hall–Kier alpha value is -0.610. The van der Waals surface area contributed by atoms with Gasteiger partial charge in [0.2, 0.25) is 0 Å². The fourth-order valence-electron chi connectivity index (χ4n) is 1.74. The van der Waals surface area contributed by atoms with Crippen molar-refractivity contribution < 1.29 is 15.0 Å². The third-order valence-corrected chi connectivity index (χ3v) is 2.99. The SMILES string of the molecule is CCCCCCCCCC(=O)O.CCCCNCCO. The van der Waals surface area contributed by atoms with Crippen molar-refractivity contribution >= 4 is 5.97 Å². The zero-order valence-electron chi connectivity index (χ0n) is 13.5. The van der Waals surface area contributed by atoms with Crippen molar-refractivity contribution in [2.24, 2.45) is 0 Å². The number of nitrogens with one attached hydrogen (secondary N) is 1. The van der Waals surface area contributed by atoms with Crippen molar-refractivity contribution in [2.45, 2.75) is 78.1 Å². The number of carboxylic acid groups (broad SMARTS) is 1. The second-order valence-corrected chi connectivity index (χ2v) is 5.09. The van der Waals surface area contributed by atoms with Crippen LogP contribution in [0.3, 0.4) is 0 Å². The molecule has 4 nitrogen and oxygen atoms in total. The van der Waals surface area contributed by atoms with Crippen molar-refractivity contribution in [1.82, 2.24) is 5.32 Å². The van der Waals surface area contributed by atoms with Gasteiger partial charge in [-0.05, 0) is 19.4 Å². The van der Waals surface area contributed by atoms with Gasteiger partial charge in [0.1, 0.15) is 0 Å². The van der Waals surface area contributed by atoms with Gasteiger partial charge in [0.15, 0.2) is 0 Å². The van der Waals surface area contributed by atoms with E-state index in [1.807, 2.05) is 0 Å². The summed E-state index contributed by atoms with van der Waals surface area (Å²) in [6, 6.07) is 0. The zero-order chi connectivity index (χ0) is 15.5. The highest BCUT2D eigenvalue weighted by molar-refractivity contribution is 5.66. The van der Waals surface area contributed by atoms with Gasteiger partial charge < -0.3 is 15.5 Å². The quantitative estimate of drug-likeness (QED) is 0.453. The third-order valence-electron chi connectivity index (χ3n) is 2.99. The molecule has 0 rings (SSSR count). The highest BCUT2D eigenvalue weighted by atomic mass is 16.4. The van der Waals surface area contributed by atoms with E-state index >= 15 is 0 Å². The molecule has 0 spiro atoms. The van der Waals surface area contributed by atoms with Gasteiger partial charge in [-0.2, -0.15) is 0 Å². The van der Waals surface area contributed by atoms with Gasteiger partial charge in [-0.25, -0.2) is 0 Å². The first kappa shape index (κ1) is 21.7. The lowest BCUT2D eigenvalue weighted by Gasteiger charge is -1.98. The Kier molecular flexibility index (Phi) is 22.4. The van der Waals surface area contributed by atoms with Crippen LogP contribution in [0, 0.1) is 0 Å². The Bertz CT molecular complexity index is 181. The van der Waals surface area contributed by atoms with E-state index in [0.29, 0.717) is 6.42 Å². The number of aliphatic hydroxyl groups excluding tert-OH is 1. The minimum Gasteiger partial charge on any atom is -0.481 e. The van der Waals surface area contributed by atoms with Gasteiger partial charge >= 0.3 is 5.97 Å². The van der Waals surface area contributed by atoms with Gasteiger partial charge in [0.25, 0.3) is 0 Å². The summed E-state index contributed by atoms with van der Waals surface area (Å²) < 4.78 is 0. The Morgan fingerprint density at radius 1 is 0.850 bits per heavy atom. The van der Waals surface area contributed by atoms with Gasteiger partial charge in [0, 0.05) is 13.0 Å². The van der Waals surface area contributed by atoms with E-state index in [1.165, 1.54) is 44.9 Å². The largest absolute Gasteiger partial charge is 0.481 e. The molecule has 0 aliphatic heterocycles. The molecule has 0 aromatic carbocycles. The first-order valence-electron chi connectivity index (χ1n) is 8.22. The van der Waals surface area contributed by atoms with Crippen molar-refractivity contribution in [1.29, 1.82) is 0 Å². The first-order chi connectivity index (χ1) is 9.68. The average Bonchev–Trinajstić information content (AvgIpc) is 2.43. The number of aliphatic hydroxyl groups is 1. The molecule has 0 amide bonds. The Labute approximate surface area is 125 Å². The molecule has 0 aromatic heterocycles. The summed E-state index contributed by atoms with van der Waals surface area (Å²) in [7, 11) is 0. The van der Waals surface area contributed by atoms with Crippen LogP contribution in [-0.2, 0) is 4.79 Å². The van der Waals surface area contributed by atoms with Crippen molar-refractivity contribution in [3.05, 3.63) is 0 Å². The molecule has 0 atom stereocenters. The standard InChI is InChI=1S/C10H20O2.C6H15NO/c1-2-3-4-5-6-7-8-9-10(11)12;1-2-3-4-7-5-6-8/h2-9H2,1H3,(H,11,12);7-8H,2-6H2,1H3. The molecule has 0 radical (unpaired) electrons. The molecule has 4 heteroatoms. The Balaban J connectivity index is 0. The van der Waals surface area contributed by atoms with Crippen LogP contribution < -0.4 is 5.32 Å². The van der Waals surface area contributed by atoms with Gasteiger partial charge in [-0.3, -0.25) is 4.79 Å². The van der Waals surface area contributed by atoms with Crippen molar-refractivity contribution in [2.75, 3.05) is 19.7 Å². The van der Waals surface area contributed by atoms with Crippen molar-refractivity contribution in [3.8, 4) is 0 Å². The molecule has 0 saturated carbocycles. The molecule has 0 fully saturated rings. The number of carbonyl (C=O) groups is 1. The van der Waals surface area contributed by atoms with Gasteiger partial charge in [0.05, 0.1) is 6.61 Å². The number of rotatable bonds is 13.